The highest BCUT2D eigenvalue weighted by atomic mass is 32.4. The van der Waals surface area contributed by atoms with Crippen LogP contribution in [-0.4, -0.2) is 36.5 Å². The van der Waals surface area contributed by atoms with Crippen molar-refractivity contribution in [1.29, 1.82) is 0 Å². The van der Waals surface area contributed by atoms with E-state index >= 15 is 0 Å². The Bertz CT molecular complexity index is 599. The largest absolute Gasteiger partial charge is 0.269 e. The van der Waals surface area contributed by atoms with Gasteiger partial charge >= 0.3 is 0 Å². The SMILES string of the molecule is CCN(CC)P(=S)(C(c1ccccc1)c1ccccc1)N(C)C. The summed E-state index contributed by atoms with van der Waals surface area (Å²) in [6, 6.07) is 21.5. The molecule has 0 heterocycles. The van der Waals surface area contributed by atoms with Crippen LogP contribution in [0.5, 0.6) is 0 Å². The highest BCUT2D eigenvalue weighted by Crippen LogP contribution is 2.65. The number of nitrogens with zero attached hydrogens (tertiary/aromatic N) is 2. The van der Waals surface area contributed by atoms with Gasteiger partial charge in [0.15, 0.2) is 0 Å². The fraction of sp³-hybridized carbons (Fsp3) is 0.368. The molecule has 0 fully saturated rings. The first-order chi connectivity index (χ1) is 11.1. The maximum Gasteiger partial charge on any atom is 0.0886 e. The van der Waals surface area contributed by atoms with Gasteiger partial charge in [-0.3, -0.25) is 9.34 Å². The average molecular weight is 346 g/mol. The first-order valence-electron chi connectivity index (χ1n) is 8.18. The lowest BCUT2D eigenvalue weighted by atomic mass is 10.0. The van der Waals surface area contributed by atoms with Gasteiger partial charge in [-0.05, 0) is 25.2 Å². The van der Waals surface area contributed by atoms with Crippen LogP contribution in [0, 0.1) is 0 Å². The molecule has 0 radical (unpaired) electrons. The van der Waals surface area contributed by atoms with Crippen molar-refractivity contribution in [2.75, 3.05) is 27.2 Å². The van der Waals surface area contributed by atoms with E-state index in [1.807, 2.05) is 0 Å². The highest BCUT2D eigenvalue weighted by molar-refractivity contribution is 8.12. The van der Waals surface area contributed by atoms with Crippen molar-refractivity contribution in [2.45, 2.75) is 19.5 Å². The number of hydrogen-bond acceptors (Lipinski definition) is 1. The Morgan fingerprint density at radius 2 is 1.22 bits per heavy atom. The molecular weight excluding hydrogens is 319 g/mol. The van der Waals surface area contributed by atoms with Gasteiger partial charge in [0.05, 0.1) is 12.0 Å². The highest BCUT2D eigenvalue weighted by Gasteiger charge is 2.37. The fourth-order valence-corrected chi connectivity index (χ4v) is 7.78. The molecule has 2 aromatic rings. The molecule has 2 nitrogen and oxygen atoms in total. The van der Waals surface area contributed by atoms with Gasteiger partial charge in [-0.25, -0.2) is 0 Å². The molecule has 0 aromatic heterocycles. The minimum Gasteiger partial charge on any atom is -0.269 e. The summed E-state index contributed by atoms with van der Waals surface area (Å²) in [6.07, 6.45) is -1.96. The minimum atomic E-state index is -1.96. The van der Waals surface area contributed by atoms with Crippen molar-refractivity contribution in [1.82, 2.24) is 9.34 Å². The monoisotopic (exact) mass is 346 g/mol. The summed E-state index contributed by atoms with van der Waals surface area (Å²) in [4.78, 5) is 0. The van der Waals surface area contributed by atoms with E-state index in [0.29, 0.717) is 0 Å². The van der Waals surface area contributed by atoms with E-state index in [1.165, 1.54) is 11.1 Å². The Labute approximate surface area is 146 Å². The number of rotatable bonds is 7. The number of benzene rings is 2. The molecule has 0 aliphatic rings. The Morgan fingerprint density at radius 3 is 1.52 bits per heavy atom. The zero-order valence-electron chi connectivity index (χ0n) is 14.5. The second kappa shape index (κ2) is 8.21. The van der Waals surface area contributed by atoms with Crippen molar-refractivity contribution in [2.24, 2.45) is 0 Å². The lowest BCUT2D eigenvalue weighted by molar-refractivity contribution is 0.460. The molecule has 23 heavy (non-hydrogen) atoms. The molecule has 0 spiro atoms. The summed E-state index contributed by atoms with van der Waals surface area (Å²) in [7, 11) is 4.27. The average Bonchev–Trinajstić information content (AvgIpc) is 2.58. The van der Waals surface area contributed by atoms with Gasteiger partial charge in [0.2, 0.25) is 0 Å². The van der Waals surface area contributed by atoms with E-state index in [2.05, 4.69) is 97.9 Å². The van der Waals surface area contributed by atoms with Gasteiger partial charge in [-0.15, -0.1) is 0 Å². The van der Waals surface area contributed by atoms with E-state index in [0.717, 1.165) is 13.1 Å². The summed E-state index contributed by atoms with van der Waals surface area (Å²) in [5.41, 5.74) is 2.83. The second-order valence-electron chi connectivity index (χ2n) is 5.80. The van der Waals surface area contributed by atoms with Crippen LogP contribution in [0.2, 0.25) is 0 Å². The normalized spacial score (nSPS) is 14.4. The van der Waals surface area contributed by atoms with E-state index in [-0.39, 0.29) is 5.66 Å². The van der Waals surface area contributed by atoms with Crippen molar-refractivity contribution in [3.8, 4) is 0 Å². The summed E-state index contributed by atoms with van der Waals surface area (Å²) >= 11 is 6.39. The quantitative estimate of drug-likeness (QED) is 0.652. The molecular formula is C19H27N2PS. The molecule has 0 saturated carbocycles. The molecule has 0 aliphatic heterocycles. The summed E-state index contributed by atoms with van der Waals surface area (Å²) in [5.74, 6) is 0. The Balaban J connectivity index is 2.66. The van der Waals surface area contributed by atoms with Gasteiger partial charge in [-0.2, -0.15) is 0 Å². The molecule has 2 aromatic carbocycles. The van der Waals surface area contributed by atoms with Crippen LogP contribution in [0.25, 0.3) is 0 Å². The molecule has 0 aliphatic carbocycles. The molecule has 124 valence electrons. The Morgan fingerprint density at radius 1 is 0.826 bits per heavy atom. The van der Waals surface area contributed by atoms with E-state index < -0.39 is 6.34 Å². The molecule has 1 atom stereocenters. The summed E-state index contributed by atoms with van der Waals surface area (Å²) < 4.78 is 4.77. The minimum absolute atomic E-state index is 0.217. The smallest absolute Gasteiger partial charge is 0.0886 e. The van der Waals surface area contributed by atoms with Gasteiger partial charge in [0, 0.05) is 13.1 Å². The Kier molecular flexibility index (Phi) is 6.55. The van der Waals surface area contributed by atoms with Gasteiger partial charge in [-0.1, -0.05) is 86.3 Å². The third kappa shape index (κ3) is 3.75. The molecule has 1 unspecified atom stereocenters. The van der Waals surface area contributed by atoms with Gasteiger partial charge < -0.3 is 0 Å². The van der Waals surface area contributed by atoms with Crippen molar-refractivity contribution < 1.29 is 0 Å². The van der Waals surface area contributed by atoms with Crippen LogP contribution < -0.4 is 0 Å². The van der Waals surface area contributed by atoms with E-state index in [9.17, 15) is 0 Å². The zero-order chi connectivity index (χ0) is 16.9. The van der Waals surface area contributed by atoms with Crippen LogP contribution in [0.4, 0.5) is 0 Å². The lowest BCUT2D eigenvalue weighted by Crippen LogP contribution is -2.31. The summed E-state index contributed by atoms with van der Waals surface area (Å²) in [5, 5.41) is 0. The van der Waals surface area contributed by atoms with Crippen LogP contribution in [0.1, 0.15) is 30.6 Å². The lowest BCUT2D eigenvalue weighted by Gasteiger charge is -2.44. The van der Waals surface area contributed by atoms with Gasteiger partial charge in [0.25, 0.3) is 0 Å². The zero-order valence-corrected chi connectivity index (χ0v) is 16.2. The molecule has 0 N–H and O–H groups in total. The van der Waals surface area contributed by atoms with Crippen molar-refractivity contribution in [3.63, 3.8) is 0 Å². The molecule has 0 saturated heterocycles. The van der Waals surface area contributed by atoms with Crippen molar-refractivity contribution >= 4 is 18.1 Å². The van der Waals surface area contributed by atoms with Gasteiger partial charge in [0.1, 0.15) is 0 Å². The summed E-state index contributed by atoms with van der Waals surface area (Å²) in [6.45, 7) is 6.37. The van der Waals surface area contributed by atoms with E-state index in [4.69, 9.17) is 11.8 Å². The van der Waals surface area contributed by atoms with Crippen LogP contribution in [0.15, 0.2) is 60.7 Å². The standard InChI is InChI=1S/C19H27N2PS/c1-5-21(6-2)22(23,20(3)4)19(17-13-9-7-10-14-17)18-15-11-8-12-16-18/h7-16,19H,5-6H2,1-4H3. The topological polar surface area (TPSA) is 6.48 Å². The maximum atomic E-state index is 6.39. The number of hydrogen-bond donors (Lipinski definition) is 0. The van der Waals surface area contributed by atoms with Crippen LogP contribution in [0.3, 0.4) is 0 Å². The van der Waals surface area contributed by atoms with Crippen LogP contribution >= 0.6 is 6.34 Å². The third-order valence-electron chi connectivity index (χ3n) is 4.28. The Hall–Kier alpha value is -0.990. The van der Waals surface area contributed by atoms with E-state index in [1.54, 1.807) is 0 Å². The second-order valence-corrected chi connectivity index (χ2v) is 10.5. The predicted molar refractivity (Wildman–Crippen MR) is 106 cm³/mol. The first kappa shape index (κ1) is 18.4. The third-order valence-corrected chi connectivity index (χ3v) is 10.4. The predicted octanol–water partition coefficient (Wildman–Crippen LogP) is 4.99. The molecule has 2 rings (SSSR count). The van der Waals surface area contributed by atoms with Crippen molar-refractivity contribution in [3.05, 3.63) is 71.8 Å². The molecule has 0 amide bonds. The maximum absolute atomic E-state index is 6.39. The molecule has 4 heteroatoms. The molecule has 0 bridgehead atoms. The fourth-order valence-electron chi connectivity index (χ4n) is 3.13. The van der Waals surface area contributed by atoms with Crippen LogP contribution in [-0.2, 0) is 11.8 Å². The first-order valence-corrected chi connectivity index (χ1v) is 11.0.